The molecule has 0 aliphatic heterocycles. The summed E-state index contributed by atoms with van der Waals surface area (Å²) < 4.78 is 47.8. The maximum atomic E-state index is 12.8. The third-order valence-corrected chi connectivity index (χ3v) is 2.11. The third-order valence-electron chi connectivity index (χ3n) is 2.11. The van der Waals surface area contributed by atoms with Crippen LogP contribution in [0.1, 0.15) is 23.1 Å². The molecule has 0 saturated carbocycles. The number of aliphatic hydroxyl groups excluding tert-OH is 1. The van der Waals surface area contributed by atoms with Crippen molar-refractivity contribution in [3.05, 3.63) is 29.1 Å². The molecule has 1 heterocycles. The van der Waals surface area contributed by atoms with Crippen LogP contribution in [0.25, 0.3) is 0 Å². The highest BCUT2D eigenvalue weighted by atomic mass is 19.4. The molecule has 4 nitrogen and oxygen atoms in total. The van der Waals surface area contributed by atoms with E-state index in [2.05, 4.69) is 4.98 Å². The summed E-state index contributed by atoms with van der Waals surface area (Å²) in [6, 6.07) is 0.827. The number of alkyl halides is 3. The summed E-state index contributed by atoms with van der Waals surface area (Å²) in [5, 5.41) is 8.80. The van der Waals surface area contributed by atoms with Gasteiger partial charge in [-0.3, -0.25) is 4.98 Å². The first-order valence-corrected chi connectivity index (χ1v) is 4.66. The van der Waals surface area contributed by atoms with E-state index < -0.39 is 24.6 Å². The fourth-order valence-electron chi connectivity index (χ4n) is 1.34. The molecule has 0 radical (unpaired) electrons. The monoisotopic (exact) mass is 251 g/mol. The second-order valence-corrected chi connectivity index (χ2v) is 3.24. The van der Waals surface area contributed by atoms with Crippen LogP contribution in [0.3, 0.4) is 0 Å². The smallest absolute Gasteiger partial charge is 0.392 e. The summed E-state index contributed by atoms with van der Waals surface area (Å²) >= 11 is 0. The molecule has 0 unspecified atom stereocenters. The van der Waals surface area contributed by atoms with Gasteiger partial charge in [-0.1, -0.05) is 0 Å². The molecule has 1 aromatic heterocycles. The van der Waals surface area contributed by atoms with E-state index in [1.54, 1.807) is 0 Å². The van der Waals surface area contributed by atoms with Crippen LogP contribution in [0.15, 0.2) is 12.3 Å². The minimum atomic E-state index is -4.58. The van der Waals surface area contributed by atoms with Crippen molar-refractivity contribution in [2.45, 2.75) is 19.1 Å². The van der Waals surface area contributed by atoms with Crippen molar-refractivity contribution < 1.29 is 27.8 Å². The van der Waals surface area contributed by atoms with E-state index >= 15 is 0 Å². The molecular weight excluding hydrogens is 239 g/mol. The number of methoxy groups -OCH3 is 2. The largest absolute Gasteiger partial charge is 0.418 e. The van der Waals surface area contributed by atoms with Gasteiger partial charge in [0, 0.05) is 20.4 Å². The highest BCUT2D eigenvalue weighted by Gasteiger charge is 2.36. The Morgan fingerprint density at radius 1 is 1.35 bits per heavy atom. The lowest BCUT2D eigenvalue weighted by Gasteiger charge is -2.18. The highest BCUT2D eigenvalue weighted by molar-refractivity contribution is 5.28. The first-order valence-electron chi connectivity index (χ1n) is 4.66. The Kier molecular flexibility index (Phi) is 4.44. The van der Waals surface area contributed by atoms with Crippen LogP contribution in [0.5, 0.6) is 0 Å². The fraction of sp³-hybridized carbons (Fsp3) is 0.500. The molecule has 96 valence electrons. The van der Waals surface area contributed by atoms with E-state index in [0.717, 1.165) is 12.3 Å². The van der Waals surface area contributed by atoms with E-state index in [1.165, 1.54) is 14.2 Å². The molecular formula is C10H12F3NO3. The molecule has 0 bridgehead atoms. The van der Waals surface area contributed by atoms with Crippen LogP contribution in [-0.2, 0) is 22.3 Å². The molecule has 0 spiro atoms. The van der Waals surface area contributed by atoms with Gasteiger partial charge in [-0.15, -0.1) is 0 Å². The molecule has 0 aromatic carbocycles. The Bertz CT molecular complexity index is 378. The van der Waals surface area contributed by atoms with Gasteiger partial charge in [0.05, 0.1) is 12.2 Å². The van der Waals surface area contributed by atoms with Crippen molar-refractivity contribution in [3.63, 3.8) is 0 Å². The van der Waals surface area contributed by atoms with E-state index in [1.807, 2.05) is 0 Å². The number of rotatable bonds is 4. The van der Waals surface area contributed by atoms with E-state index in [0.29, 0.717) is 0 Å². The third kappa shape index (κ3) is 3.15. The van der Waals surface area contributed by atoms with Crippen molar-refractivity contribution in [1.29, 1.82) is 0 Å². The second kappa shape index (κ2) is 5.44. The predicted octanol–water partition coefficient (Wildman–Crippen LogP) is 1.88. The first-order chi connectivity index (χ1) is 7.93. The quantitative estimate of drug-likeness (QED) is 0.830. The highest BCUT2D eigenvalue weighted by Crippen LogP contribution is 2.35. The normalized spacial score (nSPS) is 12.2. The number of aliphatic hydroxyl groups is 1. The van der Waals surface area contributed by atoms with Gasteiger partial charge in [0.15, 0.2) is 0 Å². The van der Waals surface area contributed by atoms with Gasteiger partial charge in [-0.05, 0) is 11.6 Å². The number of ether oxygens (including phenoxy) is 2. The molecule has 0 fully saturated rings. The number of hydrogen-bond acceptors (Lipinski definition) is 4. The maximum absolute atomic E-state index is 12.8. The van der Waals surface area contributed by atoms with Crippen LogP contribution < -0.4 is 0 Å². The Hall–Kier alpha value is -1.18. The van der Waals surface area contributed by atoms with Crippen LogP contribution in [0, 0.1) is 0 Å². The molecule has 0 atom stereocenters. The zero-order chi connectivity index (χ0) is 13.1. The van der Waals surface area contributed by atoms with Crippen LogP contribution >= 0.6 is 0 Å². The molecule has 0 saturated heterocycles. The molecule has 1 aromatic rings. The average molecular weight is 251 g/mol. The zero-order valence-corrected chi connectivity index (χ0v) is 9.28. The first kappa shape index (κ1) is 13.9. The molecule has 1 rings (SSSR count). The van der Waals surface area contributed by atoms with Crippen molar-refractivity contribution >= 4 is 0 Å². The van der Waals surface area contributed by atoms with Crippen LogP contribution in [0.4, 0.5) is 13.2 Å². The second-order valence-electron chi connectivity index (χ2n) is 3.24. The lowest BCUT2D eigenvalue weighted by atomic mass is 10.1. The summed E-state index contributed by atoms with van der Waals surface area (Å²) in [6.45, 7) is -0.513. The minimum Gasteiger partial charge on any atom is -0.392 e. The molecule has 0 aliphatic carbocycles. The topological polar surface area (TPSA) is 51.6 Å². The molecule has 1 N–H and O–H groups in total. The van der Waals surface area contributed by atoms with Gasteiger partial charge in [-0.25, -0.2) is 0 Å². The predicted molar refractivity (Wildman–Crippen MR) is 51.9 cm³/mol. The molecule has 0 aliphatic rings. The minimum absolute atomic E-state index is 0.0760. The van der Waals surface area contributed by atoms with Gasteiger partial charge in [0.2, 0.25) is 6.29 Å². The fourth-order valence-corrected chi connectivity index (χ4v) is 1.34. The van der Waals surface area contributed by atoms with Crippen LogP contribution in [-0.4, -0.2) is 24.3 Å². The Morgan fingerprint density at radius 3 is 2.35 bits per heavy atom. The van der Waals surface area contributed by atoms with Crippen LogP contribution in [0.2, 0.25) is 0 Å². The summed E-state index contributed by atoms with van der Waals surface area (Å²) in [6.07, 6.45) is -4.63. The zero-order valence-electron chi connectivity index (χ0n) is 9.28. The number of halogens is 3. The Morgan fingerprint density at radius 2 is 1.94 bits per heavy atom. The standard InChI is InChI=1S/C10H12F3NO3/c1-16-9(17-2)8-7(10(11,12)13)3-6(5-15)4-14-8/h3-4,9,15H,5H2,1-2H3. The van der Waals surface area contributed by atoms with E-state index in [-0.39, 0.29) is 11.3 Å². The van der Waals surface area contributed by atoms with Crippen molar-refractivity contribution in [2.24, 2.45) is 0 Å². The van der Waals surface area contributed by atoms with E-state index in [4.69, 9.17) is 14.6 Å². The number of nitrogens with zero attached hydrogens (tertiary/aromatic N) is 1. The average Bonchev–Trinajstić information content (AvgIpc) is 2.29. The van der Waals surface area contributed by atoms with E-state index in [9.17, 15) is 13.2 Å². The lowest BCUT2D eigenvalue weighted by Crippen LogP contribution is -2.17. The summed E-state index contributed by atoms with van der Waals surface area (Å²) in [7, 11) is 2.44. The summed E-state index contributed by atoms with van der Waals surface area (Å²) in [4.78, 5) is 3.63. The lowest BCUT2D eigenvalue weighted by molar-refractivity contribution is -0.149. The summed E-state index contributed by atoms with van der Waals surface area (Å²) in [5.41, 5.74) is -1.26. The number of pyridine rings is 1. The Balaban J connectivity index is 3.29. The molecule has 17 heavy (non-hydrogen) atoms. The van der Waals surface area contributed by atoms with Gasteiger partial charge >= 0.3 is 6.18 Å². The van der Waals surface area contributed by atoms with Gasteiger partial charge < -0.3 is 14.6 Å². The summed E-state index contributed by atoms with van der Waals surface area (Å²) in [5.74, 6) is 0. The maximum Gasteiger partial charge on any atom is 0.418 e. The number of aromatic nitrogens is 1. The van der Waals surface area contributed by atoms with Crippen molar-refractivity contribution in [3.8, 4) is 0 Å². The molecule has 0 amide bonds. The van der Waals surface area contributed by atoms with Crippen molar-refractivity contribution in [2.75, 3.05) is 14.2 Å². The van der Waals surface area contributed by atoms with Gasteiger partial charge in [0.1, 0.15) is 5.69 Å². The van der Waals surface area contributed by atoms with Crippen molar-refractivity contribution in [1.82, 2.24) is 4.98 Å². The molecule has 7 heteroatoms. The van der Waals surface area contributed by atoms with Gasteiger partial charge in [0.25, 0.3) is 0 Å². The number of hydrogen-bond donors (Lipinski definition) is 1. The Labute approximate surface area is 96.0 Å². The van der Waals surface area contributed by atoms with Gasteiger partial charge in [-0.2, -0.15) is 13.2 Å². The SMILES string of the molecule is COC(OC)c1ncc(CO)cc1C(F)(F)F.